The number of carbonyl (C=O) groups excluding carboxylic acids is 2. The molecule has 104 valence electrons. The summed E-state index contributed by atoms with van der Waals surface area (Å²) in [4.78, 5) is 23.0. The molecule has 0 bridgehead atoms. The molecular weight excluding hydrogens is 242 g/mol. The zero-order valence-corrected chi connectivity index (χ0v) is 11.4. The summed E-state index contributed by atoms with van der Waals surface area (Å²) >= 11 is 0. The third-order valence-electron chi connectivity index (χ3n) is 2.98. The molecule has 19 heavy (non-hydrogen) atoms. The number of rotatable bonds is 6. The fourth-order valence-electron chi connectivity index (χ4n) is 1.95. The lowest BCUT2D eigenvalue weighted by Crippen LogP contribution is -2.27. The van der Waals surface area contributed by atoms with Crippen molar-refractivity contribution in [2.24, 2.45) is 11.5 Å². The van der Waals surface area contributed by atoms with Gasteiger partial charge in [-0.05, 0) is 31.0 Å². The summed E-state index contributed by atoms with van der Waals surface area (Å²) in [5.74, 6) is -0.651. The number of carbonyl (C=O) groups is 2. The van der Waals surface area contributed by atoms with Crippen LogP contribution in [0.2, 0.25) is 0 Å². The van der Waals surface area contributed by atoms with E-state index in [1.165, 1.54) is 0 Å². The van der Waals surface area contributed by atoms with Gasteiger partial charge in [-0.3, -0.25) is 9.59 Å². The fourth-order valence-corrected chi connectivity index (χ4v) is 1.95. The molecule has 0 aliphatic rings. The molecule has 2 amide bonds. The molecular formula is C14H21N3O2. The molecule has 5 nitrogen and oxygen atoms in total. The van der Waals surface area contributed by atoms with Gasteiger partial charge in [-0.25, -0.2) is 0 Å². The maximum Gasteiger partial charge on any atom is 0.249 e. The van der Waals surface area contributed by atoms with Gasteiger partial charge >= 0.3 is 0 Å². The second-order valence-electron chi connectivity index (χ2n) is 4.64. The highest BCUT2D eigenvalue weighted by atomic mass is 16.2. The molecule has 0 aliphatic carbocycles. The molecule has 0 spiro atoms. The minimum atomic E-state index is -0.503. The van der Waals surface area contributed by atoms with E-state index in [1.807, 2.05) is 6.92 Å². The SMILES string of the molecule is CCCC(N)CC(=O)Nc1cccc(C(N)=O)c1C. The average Bonchev–Trinajstić information content (AvgIpc) is 2.31. The van der Waals surface area contributed by atoms with Crippen LogP contribution in [0.1, 0.15) is 42.1 Å². The zero-order chi connectivity index (χ0) is 14.4. The van der Waals surface area contributed by atoms with Crippen LogP contribution in [0.3, 0.4) is 0 Å². The number of nitrogens with one attached hydrogen (secondary N) is 1. The van der Waals surface area contributed by atoms with Crippen molar-refractivity contribution in [1.29, 1.82) is 0 Å². The van der Waals surface area contributed by atoms with Gasteiger partial charge < -0.3 is 16.8 Å². The Kier molecular flexibility index (Phi) is 5.51. The van der Waals surface area contributed by atoms with E-state index in [-0.39, 0.29) is 18.4 Å². The van der Waals surface area contributed by atoms with E-state index in [4.69, 9.17) is 11.5 Å². The van der Waals surface area contributed by atoms with Gasteiger partial charge in [-0.1, -0.05) is 19.4 Å². The molecule has 1 aromatic carbocycles. The van der Waals surface area contributed by atoms with E-state index in [0.29, 0.717) is 16.8 Å². The van der Waals surface area contributed by atoms with Crippen molar-refractivity contribution < 1.29 is 9.59 Å². The van der Waals surface area contributed by atoms with Crippen molar-refractivity contribution in [3.63, 3.8) is 0 Å². The number of anilines is 1. The van der Waals surface area contributed by atoms with Crippen LogP contribution in [0.5, 0.6) is 0 Å². The van der Waals surface area contributed by atoms with E-state index in [2.05, 4.69) is 5.32 Å². The van der Waals surface area contributed by atoms with Crippen molar-refractivity contribution in [3.05, 3.63) is 29.3 Å². The van der Waals surface area contributed by atoms with Crippen molar-refractivity contribution in [3.8, 4) is 0 Å². The van der Waals surface area contributed by atoms with Gasteiger partial charge in [0.15, 0.2) is 0 Å². The van der Waals surface area contributed by atoms with E-state index in [0.717, 1.165) is 12.8 Å². The monoisotopic (exact) mass is 263 g/mol. The Morgan fingerprint density at radius 3 is 2.63 bits per heavy atom. The van der Waals surface area contributed by atoms with Gasteiger partial charge in [0.1, 0.15) is 0 Å². The minimum absolute atomic E-state index is 0.135. The fraction of sp³-hybridized carbons (Fsp3) is 0.429. The number of benzene rings is 1. The lowest BCUT2D eigenvalue weighted by atomic mass is 10.1. The molecule has 1 aromatic rings. The predicted molar refractivity (Wildman–Crippen MR) is 75.8 cm³/mol. The summed E-state index contributed by atoms with van der Waals surface area (Å²) < 4.78 is 0. The highest BCUT2D eigenvalue weighted by molar-refractivity contribution is 5.98. The van der Waals surface area contributed by atoms with Gasteiger partial charge in [-0.15, -0.1) is 0 Å². The molecule has 0 aliphatic heterocycles. The van der Waals surface area contributed by atoms with Crippen LogP contribution in [0.4, 0.5) is 5.69 Å². The second kappa shape index (κ2) is 6.89. The van der Waals surface area contributed by atoms with Gasteiger partial charge in [0, 0.05) is 23.7 Å². The molecule has 5 N–H and O–H groups in total. The van der Waals surface area contributed by atoms with Crippen LogP contribution in [0, 0.1) is 6.92 Å². The Morgan fingerprint density at radius 1 is 1.37 bits per heavy atom. The van der Waals surface area contributed by atoms with E-state index in [9.17, 15) is 9.59 Å². The first kappa shape index (κ1) is 15.2. The van der Waals surface area contributed by atoms with Gasteiger partial charge in [0.25, 0.3) is 0 Å². The number of amides is 2. The Labute approximate surface area is 113 Å². The van der Waals surface area contributed by atoms with Crippen molar-refractivity contribution >= 4 is 17.5 Å². The number of primary amides is 1. The topological polar surface area (TPSA) is 98.2 Å². The first-order valence-corrected chi connectivity index (χ1v) is 6.40. The Bertz CT molecular complexity index is 472. The van der Waals surface area contributed by atoms with Crippen LogP contribution >= 0.6 is 0 Å². The summed E-state index contributed by atoms with van der Waals surface area (Å²) in [5.41, 5.74) is 12.8. The van der Waals surface area contributed by atoms with Crippen LogP contribution in [0.25, 0.3) is 0 Å². The molecule has 1 unspecified atom stereocenters. The summed E-state index contributed by atoms with van der Waals surface area (Å²) in [5, 5.41) is 2.77. The van der Waals surface area contributed by atoms with E-state index >= 15 is 0 Å². The third kappa shape index (κ3) is 4.37. The summed E-state index contributed by atoms with van der Waals surface area (Å²) in [6.45, 7) is 3.78. The molecule has 5 heteroatoms. The first-order valence-electron chi connectivity index (χ1n) is 6.40. The van der Waals surface area contributed by atoms with Crippen LogP contribution < -0.4 is 16.8 Å². The predicted octanol–water partition coefficient (Wildman–Crippen LogP) is 1.55. The number of hydrogen-bond acceptors (Lipinski definition) is 3. The number of nitrogens with two attached hydrogens (primary N) is 2. The average molecular weight is 263 g/mol. The van der Waals surface area contributed by atoms with Crippen molar-refractivity contribution in [2.75, 3.05) is 5.32 Å². The van der Waals surface area contributed by atoms with Gasteiger partial charge in [0.2, 0.25) is 11.8 Å². The second-order valence-corrected chi connectivity index (χ2v) is 4.64. The van der Waals surface area contributed by atoms with Crippen LogP contribution in [-0.4, -0.2) is 17.9 Å². The summed E-state index contributed by atoms with van der Waals surface area (Å²) in [6, 6.07) is 4.93. The highest BCUT2D eigenvalue weighted by Crippen LogP contribution is 2.19. The van der Waals surface area contributed by atoms with Gasteiger partial charge in [-0.2, -0.15) is 0 Å². The maximum atomic E-state index is 11.8. The third-order valence-corrected chi connectivity index (χ3v) is 2.98. The normalized spacial score (nSPS) is 11.9. The molecule has 1 rings (SSSR count). The Hall–Kier alpha value is -1.88. The van der Waals surface area contributed by atoms with Crippen LogP contribution in [-0.2, 0) is 4.79 Å². The molecule has 0 aromatic heterocycles. The van der Waals surface area contributed by atoms with Crippen LogP contribution in [0.15, 0.2) is 18.2 Å². The Balaban J connectivity index is 2.75. The minimum Gasteiger partial charge on any atom is -0.366 e. The molecule has 0 saturated heterocycles. The maximum absolute atomic E-state index is 11.8. The largest absolute Gasteiger partial charge is 0.366 e. The molecule has 0 fully saturated rings. The van der Waals surface area contributed by atoms with E-state index in [1.54, 1.807) is 25.1 Å². The smallest absolute Gasteiger partial charge is 0.249 e. The number of hydrogen-bond donors (Lipinski definition) is 3. The zero-order valence-electron chi connectivity index (χ0n) is 11.4. The molecule has 1 atom stereocenters. The molecule has 0 saturated carbocycles. The Morgan fingerprint density at radius 2 is 2.05 bits per heavy atom. The quantitative estimate of drug-likeness (QED) is 0.726. The summed E-state index contributed by atoms with van der Waals surface area (Å²) in [6.07, 6.45) is 2.03. The van der Waals surface area contributed by atoms with E-state index < -0.39 is 5.91 Å². The van der Waals surface area contributed by atoms with Gasteiger partial charge in [0.05, 0.1) is 0 Å². The summed E-state index contributed by atoms with van der Waals surface area (Å²) in [7, 11) is 0. The van der Waals surface area contributed by atoms with Crippen molar-refractivity contribution in [1.82, 2.24) is 0 Å². The lowest BCUT2D eigenvalue weighted by molar-refractivity contribution is -0.116. The standard InChI is InChI=1S/C14H21N3O2/c1-3-5-10(15)8-13(18)17-12-7-4-6-11(9(12)2)14(16)19/h4,6-7,10H,3,5,8,15H2,1-2H3,(H2,16,19)(H,17,18). The van der Waals surface area contributed by atoms with Crippen molar-refractivity contribution in [2.45, 2.75) is 39.2 Å². The first-order chi connectivity index (χ1) is 8.95. The lowest BCUT2D eigenvalue weighted by Gasteiger charge is -2.13. The highest BCUT2D eigenvalue weighted by Gasteiger charge is 2.12. The molecule has 0 heterocycles. The molecule has 0 radical (unpaired) electrons.